The first-order valence-electron chi connectivity index (χ1n) is 6.34. The maximum Gasteiger partial charge on any atom is 0.239 e. The van der Waals surface area contributed by atoms with Gasteiger partial charge in [-0.25, -0.2) is 10.8 Å². The quantitative estimate of drug-likeness (QED) is 0.432. The van der Waals surface area contributed by atoms with Crippen molar-refractivity contribution in [2.75, 3.05) is 17.3 Å². The summed E-state index contributed by atoms with van der Waals surface area (Å²) in [6.07, 6.45) is 3.26. The number of aliphatic hydroxyl groups is 1. The van der Waals surface area contributed by atoms with E-state index in [-0.39, 0.29) is 6.10 Å². The van der Waals surface area contributed by atoms with E-state index in [0.717, 1.165) is 18.4 Å². The Hall–Kier alpha value is -1.40. The van der Waals surface area contributed by atoms with Crippen LogP contribution in [0.15, 0.2) is 6.20 Å². The third-order valence-electron chi connectivity index (χ3n) is 3.17. The highest BCUT2D eigenvalue weighted by molar-refractivity contribution is 5.46. The minimum atomic E-state index is -0.372. The second-order valence-electron chi connectivity index (χ2n) is 4.39. The summed E-state index contributed by atoms with van der Waals surface area (Å²) < 4.78 is 0. The van der Waals surface area contributed by atoms with Crippen molar-refractivity contribution in [3.8, 4) is 0 Å². The molecule has 0 saturated heterocycles. The van der Waals surface area contributed by atoms with Crippen LogP contribution in [0.25, 0.3) is 0 Å². The molecule has 1 aromatic rings. The molecule has 0 saturated carbocycles. The van der Waals surface area contributed by atoms with Crippen molar-refractivity contribution in [3.63, 3.8) is 0 Å². The number of rotatable bonds is 7. The Morgan fingerprint density at radius 2 is 2.06 bits per heavy atom. The van der Waals surface area contributed by atoms with Gasteiger partial charge in [-0.15, -0.1) is 0 Å². The molecule has 0 spiro atoms. The molecule has 1 unspecified atom stereocenters. The van der Waals surface area contributed by atoms with Gasteiger partial charge in [0.2, 0.25) is 5.95 Å². The van der Waals surface area contributed by atoms with Gasteiger partial charge in [0.05, 0.1) is 6.10 Å². The zero-order chi connectivity index (χ0) is 13.5. The van der Waals surface area contributed by atoms with E-state index in [2.05, 4.69) is 34.6 Å². The number of nitrogen functional groups attached to an aromatic ring is 1. The fourth-order valence-corrected chi connectivity index (χ4v) is 1.89. The SMILES string of the molecule is CCC(CC)C(O)CNc1nc(NN)ncc1C. The first kappa shape index (κ1) is 14.7. The van der Waals surface area contributed by atoms with Crippen LogP contribution in [-0.2, 0) is 0 Å². The molecule has 102 valence electrons. The van der Waals surface area contributed by atoms with Gasteiger partial charge in [-0.3, -0.25) is 5.43 Å². The molecule has 0 amide bonds. The van der Waals surface area contributed by atoms with Crippen molar-refractivity contribution in [2.24, 2.45) is 11.8 Å². The van der Waals surface area contributed by atoms with Gasteiger partial charge in [-0.1, -0.05) is 26.7 Å². The summed E-state index contributed by atoms with van der Waals surface area (Å²) in [6, 6.07) is 0. The Bertz CT molecular complexity index is 367. The molecular weight excluding hydrogens is 230 g/mol. The highest BCUT2D eigenvalue weighted by atomic mass is 16.3. The van der Waals surface area contributed by atoms with Crippen LogP contribution in [0.3, 0.4) is 0 Å². The lowest BCUT2D eigenvalue weighted by Crippen LogP contribution is -2.28. The molecule has 0 bridgehead atoms. The van der Waals surface area contributed by atoms with Gasteiger partial charge in [0, 0.05) is 18.3 Å². The molecule has 0 aliphatic heterocycles. The molecule has 6 nitrogen and oxygen atoms in total. The number of hydrazine groups is 1. The molecule has 1 aromatic heterocycles. The number of hydrogen-bond acceptors (Lipinski definition) is 6. The maximum atomic E-state index is 10.0. The van der Waals surface area contributed by atoms with Gasteiger partial charge in [0.1, 0.15) is 5.82 Å². The fraction of sp³-hybridized carbons (Fsp3) is 0.667. The number of nitrogens with zero attached hydrogens (tertiary/aromatic N) is 2. The molecule has 0 aromatic carbocycles. The number of nitrogens with one attached hydrogen (secondary N) is 2. The second-order valence-corrected chi connectivity index (χ2v) is 4.39. The lowest BCUT2D eigenvalue weighted by Gasteiger charge is -2.21. The predicted molar refractivity (Wildman–Crippen MR) is 73.1 cm³/mol. The summed E-state index contributed by atoms with van der Waals surface area (Å²) in [7, 11) is 0. The predicted octanol–water partition coefficient (Wildman–Crippen LogP) is 1.28. The maximum absolute atomic E-state index is 10.0. The largest absolute Gasteiger partial charge is 0.391 e. The number of nitrogens with two attached hydrogens (primary N) is 1. The molecule has 0 radical (unpaired) electrons. The normalized spacial score (nSPS) is 12.6. The number of anilines is 2. The Morgan fingerprint density at radius 1 is 1.39 bits per heavy atom. The molecule has 1 rings (SSSR count). The third-order valence-corrected chi connectivity index (χ3v) is 3.17. The molecule has 0 aliphatic rings. The first-order valence-corrected chi connectivity index (χ1v) is 6.34. The van der Waals surface area contributed by atoms with Crippen LogP contribution in [0.2, 0.25) is 0 Å². The summed E-state index contributed by atoms with van der Waals surface area (Å²) in [5, 5.41) is 13.2. The lowest BCUT2D eigenvalue weighted by molar-refractivity contribution is 0.114. The van der Waals surface area contributed by atoms with Crippen LogP contribution in [0.4, 0.5) is 11.8 Å². The highest BCUT2D eigenvalue weighted by Gasteiger charge is 2.15. The average molecular weight is 253 g/mol. The Balaban J connectivity index is 2.62. The van der Waals surface area contributed by atoms with Crippen molar-refractivity contribution in [2.45, 2.75) is 39.7 Å². The second kappa shape index (κ2) is 7.13. The standard InChI is InChI=1S/C12H23N5O/c1-4-9(5-2)10(18)7-14-11-8(3)6-15-12(16-11)17-13/h6,9-10,18H,4-5,7,13H2,1-3H3,(H2,14,15,16,17). The smallest absolute Gasteiger partial charge is 0.239 e. The molecule has 1 heterocycles. The van der Waals surface area contributed by atoms with Crippen molar-refractivity contribution in [1.29, 1.82) is 0 Å². The van der Waals surface area contributed by atoms with E-state index >= 15 is 0 Å². The molecule has 0 aliphatic carbocycles. The Morgan fingerprint density at radius 3 is 2.61 bits per heavy atom. The summed E-state index contributed by atoms with van der Waals surface area (Å²) in [5.41, 5.74) is 3.32. The van der Waals surface area contributed by atoms with E-state index in [1.54, 1.807) is 6.20 Å². The minimum Gasteiger partial charge on any atom is -0.391 e. The summed E-state index contributed by atoms with van der Waals surface area (Å²) in [5.74, 6) is 6.63. The van der Waals surface area contributed by atoms with E-state index in [9.17, 15) is 5.11 Å². The Labute approximate surface area is 108 Å². The first-order chi connectivity index (χ1) is 8.62. The number of aryl methyl sites for hydroxylation is 1. The van der Waals surface area contributed by atoms with Crippen molar-refractivity contribution in [1.82, 2.24) is 9.97 Å². The molecule has 1 atom stereocenters. The lowest BCUT2D eigenvalue weighted by atomic mass is 9.96. The van der Waals surface area contributed by atoms with E-state index in [0.29, 0.717) is 24.2 Å². The monoisotopic (exact) mass is 253 g/mol. The zero-order valence-electron chi connectivity index (χ0n) is 11.3. The van der Waals surface area contributed by atoms with Gasteiger partial charge >= 0.3 is 0 Å². The average Bonchev–Trinajstić information content (AvgIpc) is 2.39. The van der Waals surface area contributed by atoms with Gasteiger partial charge in [-0.05, 0) is 12.8 Å². The van der Waals surface area contributed by atoms with Gasteiger partial charge in [0.15, 0.2) is 0 Å². The van der Waals surface area contributed by atoms with Crippen molar-refractivity contribution < 1.29 is 5.11 Å². The van der Waals surface area contributed by atoms with Crippen molar-refractivity contribution >= 4 is 11.8 Å². The van der Waals surface area contributed by atoms with Gasteiger partial charge < -0.3 is 10.4 Å². The van der Waals surface area contributed by atoms with Crippen LogP contribution in [0.5, 0.6) is 0 Å². The van der Waals surface area contributed by atoms with Crippen molar-refractivity contribution in [3.05, 3.63) is 11.8 Å². The molecule has 0 fully saturated rings. The van der Waals surface area contributed by atoms with Gasteiger partial charge in [0.25, 0.3) is 0 Å². The zero-order valence-corrected chi connectivity index (χ0v) is 11.3. The third kappa shape index (κ3) is 3.82. The summed E-state index contributed by atoms with van der Waals surface area (Å²) in [4.78, 5) is 8.21. The molecular formula is C12H23N5O. The van der Waals surface area contributed by atoms with Crippen LogP contribution in [0, 0.1) is 12.8 Å². The van der Waals surface area contributed by atoms with E-state index < -0.39 is 0 Å². The molecule has 6 heteroatoms. The van der Waals surface area contributed by atoms with E-state index in [1.807, 2.05) is 6.92 Å². The van der Waals surface area contributed by atoms with E-state index in [4.69, 9.17) is 5.84 Å². The fourth-order valence-electron chi connectivity index (χ4n) is 1.89. The minimum absolute atomic E-state index is 0.312. The highest BCUT2D eigenvalue weighted by Crippen LogP contribution is 2.16. The van der Waals surface area contributed by atoms with Gasteiger partial charge in [-0.2, -0.15) is 4.98 Å². The van der Waals surface area contributed by atoms with Crippen LogP contribution >= 0.6 is 0 Å². The number of aliphatic hydroxyl groups excluding tert-OH is 1. The molecule has 18 heavy (non-hydrogen) atoms. The van der Waals surface area contributed by atoms with Crippen LogP contribution in [-0.4, -0.2) is 27.7 Å². The van der Waals surface area contributed by atoms with Crippen LogP contribution in [0.1, 0.15) is 32.3 Å². The number of hydrogen-bond donors (Lipinski definition) is 4. The Kier molecular flexibility index (Phi) is 5.80. The van der Waals surface area contributed by atoms with Crippen LogP contribution < -0.4 is 16.6 Å². The van der Waals surface area contributed by atoms with E-state index in [1.165, 1.54) is 0 Å². The summed E-state index contributed by atoms with van der Waals surface area (Å²) in [6.45, 7) is 6.56. The number of aromatic nitrogens is 2. The molecule has 5 N–H and O–H groups in total. The topological polar surface area (TPSA) is 96.1 Å². The summed E-state index contributed by atoms with van der Waals surface area (Å²) >= 11 is 0.